The highest BCUT2D eigenvalue weighted by Crippen LogP contribution is 2.36. The molecule has 7 rings (SSSR count). The van der Waals surface area contributed by atoms with E-state index in [0.29, 0.717) is 0 Å². The summed E-state index contributed by atoms with van der Waals surface area (Å²) in [6.07, 6.45) is 1.79. The first-order valence-electron chi connectivity index (χ1n) is 10.8. The van der Waals surface area contributed by atoms with E-state index in [2.05, 4.69) is 45.9 Å². The first-order valence-corrected chi connectivity index (χ1v) is 10.8. The van der Waals surface area contributed by atoms with E-state index < -0.39 is 0 Å². The van der Waals surface area contributed by atoms with Crippen LogP contribution in [0.1, 0.15) is 0 Å². The molecule has 156 valence electrons. The fourth-order valence-electron chi connectivity index (χ4n) is 4.83. The Labute approximate surface area is 188 Å². The summed E-state index contributed by atoms with van der Waals surface area (Å²) in [6, 6.07) is 31.3. The molecule has 0 radical (unpaired) electrons. The molecule has 0 fully saturated rings. The molecule has 5 heteroatoms. The van der Waals surface area contributed by atoms with Crippen LogP contribution < -0.4 is 0 Å². The van der Waals surface area contributed by atoms with E-state index in [1.54, 1.807) is 12.3 Å². The lowest BCUT2D eigenvalue weighted by Crippen LogP contribution is -1.99. The first kappa shape index (κ1) is 18.1. The minimum Gasteiger partial charge on any atom is -0.294 e. The number of hydrogen-bond donors (Lipinski definition) is 0. The number of rotatable bonds is 2. The van der Waals surface area contributed by atoms with Crippen molar-refractivity contribution < 1.29 is 4.39 Å². The van der Waals surface area contributed by atoms with Crippen molar-refractivity contribution in [1.29, 1.82) is 0 Å². The van der Waals surface area contributed by atoms with Gasteiger partial charge in [0.05, 0.1) is 22.2 Å². The molecule has 0 saturated carbocycles. The lowest BCUT2D eigenvalue weighted by Gasteiger charge is -2.09. The summed E-state index contributed by atoms with van der Waals surface area (Å²) in [7, 11) is 0. The van der Waals surface area contributed by atoms with Gasteiger partial charge >= 0.3 is 0 Å². The van der Waals surface area contributed by atoms with Crippen LogP contribution >= 0.6 is 0 Å². The van der Waals surface area contributed by atoms with Crippen LogP contribution in [0.2, 0.25) is 0 Å². The highest BCUT2D eigenvalue weighted by Gasteiger charge is 2.20. The van der Waals surface area contributed by atoms with E-state index in [1.165, 1.54) is 12.1 Å². The summed E-state index contributed by atoms with van der Waals surface area (Å²) < 4.78 is 18.4. The van der Waals surface area contributed by atoms with Crippen molar-refractivity contribution in [3.8, 4) is 11.4 Å². The summed E-state index contributed by atoms with van der Waals surface area (Å²) in [6.45, 7) is 0. The van der Waals surface area contributed by atoms with Crippen molar-refractivity contribution in [3.05, 3.63) is 109 Å². The van der Waals surface area contributed by atoms with Crippen molar-refractivity contribution in [2.75, 3.05) is 0 Å². The molecule has 4 nitrogen and oxygen atoms in total. The van der Waals surface area contributed by atoms with Crippen molar-refractivity contribution in [1.82, 2.24) is 19.1 Å². The summed E-state index contributed by atoms with van der Waals surface area (Å²) >= 11 is 0. The Morgan fingerprint density at radius 3 is 2.18 bits per heavy atom. The van der Waals surface area contributed by atoms with Gasteiger partial charge in [0.1, 0.15) is 17.1 Å². The van der Waals surface area contributed by atoms with Crippen LogP contribution in [0.15, 0.2) is 103 Å². The van der Waals surface area contributed by atoms with Crippen LogP contribution in [0.3, 0.4) is 0 Å². The third kappa shape index (κ3) is 2.56. The van der Waals surface area contributed by atoms with Crippen LogP contribution in [0.5, 0.6) is 0 Å². The highest BCUT2D eigenvalue weighted by atomic mass is 19.1. The summed E-state index contributed by atoms with van der Waals surface area (Å²) in [5, 5.41) is 3.14. The number of benzene rings is 3. The average Bonchev–Trinajstić information content (AvgIpc) is 3.35. The predicted molar refractivity (Wildman–Crippen MR) is 131 cm³/mol. The van der Waals surface area contributed by atoms with Crippen molar-refractivity contribution >= 4 is 44.0 Å². The van der Waals surface area contributed by atoms with Crippen LogP contribution in [-0.4, -0.2) is 19.1 Å². The Balaban J connectivity index is 1.70. The Bertz CT molecular complexity index is 1830. The molecular formula is C28H17FN4. The largest absolute Gasteiger partial charge is 0.294 e. The Morgan fingerprint density at radius 2 is 1.30 bits per heavy atom. The van der Waals surface area contributed by atoms with Gasteiger partial charge in [-0.2, -0.15) is 0 Å². The fraction of sp³-hybridized carbons (Fsp3) is 0. The molecule has 0 saturated heterocycles. The number of para-hydroxylation sites is 2. The van der Waals surface area contributed by atoms with Crippen molar-refractivity contribution in [3.63, 3.8) is 0 Å². The molecular weight excluding hydrogens is 411 g/mol. The van der Waals surface area contributed by atoms with Gasteiger partial charge in [0.2, 0.25) is 0 Å². The Morgan fingerprint density at radius 1 is 0.576 bits per heavy atom. The minimum atomic E-state index is -0.286. The molecule has 0 aliphatic heterocycles. The number of pyridine rings is 2. The van der Waals surface area contributed by atoms with E-state index in [9.17, 15) is 4.39 Å². The smallest absolute Gasteiger partial charge is 0.149 e. The van der Waals surface area contributed by atoms with Crippen LogP contribution in [0.4, 0.5) is 4.39 Å². The normalized spacial score (nSPS) is 11.8. The predicted octanol–water partition coefficient (Wildman–Crippen LogP) is 6.81. The van der Waals surface area contributed by atoms with Gasteiger partial charge in [0, 0.05) is 28.0 Å². The van der Waals surface area contributed by atoms with E-state index in [-0.39, 0.29) is 5.82 Å². The van der Waals surface area contributed by atoms with Gasteiger partial charge < -0.3 is 0 Å². The Kier molecular flexibility index (Phi) is 3.70. The quantitative estimate of drug-likeness (QED) is 0.303. The summed E-state index contributed by atoms with van der Waals surface area (Å²) in [5.41, 5.74) is 6.21. The fourth-order valence-corrected chi connectivity index (χ4v) is 4.83. The van der Waals surface area contributed by atoms with E-state index in [4.69, 9.17) is 4.98 Å². The van der Waals surface area contributed by atoms with Gasteiger partial charge in [-0.15, -0.1) is 0 Å². The van der Waals surface area contributed by atoms with Crippen LogP contribution in [0, 0.1) is 5.82 Å². The lowest BCUT2D eigenvalue weighted by molar-refractivity contribution is 0.627. The van der Waals surface area contributed by atoms with Crippen LogP contribution in [-0.2, 0) is 0 Å². The Hall–Kier alpha value is -4.51. The lowest BCUT2D eigenvalue weighted by atomic mass is 10.1. The first-order chi connectivity index (χ1) is 16.3. The van der Waals surface area contributed by atoms with Gasteiger partial charge in [-0.25, -0.2) is 9.37 Å². The zero-order valence-electron chi connectivity index (χ0n) is 17.5. The maximum atomic E-state index is 14.2. The molecule has 7 aromatic rings. The number of nitrogens with zero attached hydrogens (tertiary/aromatic N) is 4. The maximum absolute atomic E-state index is 14.2. The second-order valence-corrected chi connectivity index (χ2v) is 8.11. The molecule has 0 bridgehead atoms. The molecule has 0 amide bonds. The zero-order chi connectivity index (χ0) is 21.9. The minimum absolute atomic E-state index is 0.286. The number of halogens is 1. The van der Waals surface area contributed by atoms with E-state index in [1.807, 2.05) is 47.0 Å². The molecule has 0 unspecified atom stereocenters. The SMILES string of the molecule is Fc1cccc(-n2c3cccnc3c3cc4c5ccccc5n(-c5ccccc5)c4nc32)c1. The third-order valence-corrected chi connectivity index (χ3v) is 6.20. The third-order valence-electron chi connectivity index (χ3n) is 6.20. The van der Waals surface area contributed by atoms with Crippen LogP contribution in [0.25, 0.3) is 55.4 Å². The molecule has 0 aliphatic rings. The summed E-state index contributed by atoms with van der Waals surface area (Å²) in [5.74, 6) is -0.286. The van der Waals surface area contributed by atoms with Crippen molar-refractivity contribution in [2.24, 2.45) is 0 Å². The number of fused-ring (bicyclic) bond motifs is 6. The monoisotopic (exact) mass is 428 g/mol. The molecule has 4 heterocycles. The molecule has 0 N–H and O–H groups in total. The van der Waals surface area contributed by atoms with E-state index in [0.717, 1.165) is 55.4 Å². The van der Waals surface area contributed by atoms with Gasteiger partial charge in [-0.05, 0) is 54.6 Å². The molecule has 0 aliphatic carbocycles. The number of aromatic nitrogens is 4. The standard InChI is InChI=1S/C28H17FN4/c29-18-8-6-11-20(16-18)33-25-14-7-15-30-26(25)23-17-22-21-12-4-5-13-24(21)32(27(22)31-28(23)33)19-9-2-1-3-10-19/h1-17H. The summed E-state index contributed by atoms with van der Waals surface area (Å²) in [4.78, 5) is 9.87. The molecule has 0 atom stereocenters. The van der Waals surface area contributed by atoms with E-state index >= 15 is 0 Å². The van der Waals surface area contributed by atoms with Gasteiger partial charge in [-0.3, -0.25) is 14.1 Å². The molecule has 3 aromatic carbocycles. The molecule has 33 heavy (non-hydrogen) atoms. The topological polar surface area (TPSA) is 35.6 Å². The highest BCUT2D eigenvalue weighted by molar-refractivity contribution is 6.15. The van der Waals surface area contributed by atoms with Gasteiger partial charge in [0.15, 0.2) is 0 Å². The second-order valence-electron chi connectivity index (χ2n) is 8.11. The maximum Gasteiger partial charge on any atom is 0.149 e. The van der Waals surface area contributed by atoms with Crippen molar-refractivity contribution in [2.45, 2.75) is 0 Å². The molecule has 0 spiro atoms. The number of hydrogen-bond acceptors (Lipinski definition) is 2. The van der Waals surface area contributed by atoms with Gasteiger partial charge in [-0.1, -0.05) is 42.5 Å². The second kappa shape index (κ2) is 6.74. The molecule has 4 aromatic heterocycles. The average molecular weight is 428 g/mol. The zero-order valence-corrected chi connectivity index (χ0v) is 17.5. The van der Waals surface area contributed by atoms with Gasteiger partial charge in [0.25, 0.3) is 0 Å².